The van der Waals surface area contributed by atoms with Crippen molar-refractivity contribution in [3.05, 3.63) is 41.0 Å². The highest BCUT2D eigenvalue weighted by Gasteiger charge is 2.26. The van der Waals surface area contributed by atoms with Gasteiger partial charge in [-0.05, 0) is 74.4 Å². The molecular formula is C18H25N. The molecule has 0 aromatic heterocycles. The molecule has 0 fully saturated rings. The molecule has 1 aromatic carbocycles. The minimum absolute atomic E-state index is 0.608. The molecular weight excluding hydrogens is 230 g/mol. The Hall–Kier alpha value is -1.08. The number of fused-ring (bicyclic) bond motifs is 1. The zero-order valence-electron chi connectivity index (χ0n) is 12.4. The van der Waals surface area contributed by atoms with Crippen LogP contribution >= 0.6 is 0 Å². The lowest BCUT2D eigenvalue weighted by Crippen LogP contribution is -2.25. The highest BCUT2D eigenvalue weighted by atomic mass is 15.1. The van der Waals surface area contributed by atoms with Gasteiger partial charge in [0.15, 0.2) is 0 Å². The van der Waals surface area contributed by atoms with Crippen molar-refractivity contribution in [2.75, 3.05) is 14.1 Å². The molecule has 0 saturated heterocycles. The van der Waals surface area contributed by atoms with Gasteiger partial charge in [0, 0.05) is 6.04 Å². The Morgan fingerprint density at radius 3 is 2.63 bits per heavy atom. The third-order valence-corrected chi connectivity index (χ3v) is 4.78. The fourth-order valence-corrected chi connectivity index (χ4v) is 3.77. The standard InChI is InChI=1S/C18H25N/c1-13-10-11-15(12-13)16-8-4-6-14-7-5-9-17(18(14)16)19(2)3/h4,6,8,12-13,17H,5,7,9-11H2,1-3H3. The number of benzene rings is 1. The Kier molecular flexibility index (Phi) is 3.49. The number of aryl methyl sites for hydroxylation is 1. The molecule has 0 amide bonds. The van der Waals surface area contributed by atoms with Gasteiger partial charge in [-0.15, -0.1) is 0 Å². The van der Waals surface area contributed by atoms with E-state index in [-0.39, 0.29) is 0 Å². The summed E-state index contributed by atoms with van der Waals surface area (Å²) in [5, 5.41) is 0. The van der Waals surface area contributed by atoms with E-state index in [9.17, 15) is 0 Å². The number of hydrogen-bond donors (Lipinski definition) is 0. The van der Waals surface area contributed by atoms with Gasteiger partial charge in [-0.2, -0.15) is 0 Å². The maximum atomic E-state index is 2.50. The van der Waals surface area contributed by atoms with Crippen molar-refractivity contribution >= 4 is 5.57 Å². The molecule has 0 aliphatic heterocycles. The third-order valence-electron chi connectivity index (χ3n) is 4.78. The van der Waals surface area contributed by atoms with Crippen LogP contribution in [0.5, 0.6) is 0 Å². The van der Waals surface area contributed by atoms with E-state index >= 15 is 0 Å². The van der Waals surface area contributed by atoms with Gasteiger partial charge in [-0.1, -0.05) is 31.2 Å². The van der Waals surface area contributed by atoms with Crippen molar-refractivity contribution in [1.82, 2.24) is 4.90 Å². The van der Waals surface area contributed by atoms with Crippen LogP contribution in [0.1, 0.15) is 55.3 Å². The average Bonchev–Trinajstić information content (AvgIpc) is 2.83. The molecule has 0 radical (unpaired) electrons. The average molecular weight is 255 g/mol. The van der Waals surface area contributed by atoms with Crippen LogP contribution in [0.15, 0.2) is 24.3 Å². The van der Waals surface area contributed by atoms with Gasteiger partial charge in [0.1, 0.15) is 0 Å². The Labute approximate surface area is 117 Å². The molecule has 0 spiro atoms. The van der Waals surface area contributed by atoms with Crippen LogP contribution in [-0.2, 0) is 6.42 Å². The molecule has 0 N–H and O–H groups in total. The molecule has 102 valence electrons. The number of rotatable bonds is 2. The molecule has 1 aromatic rings. The SMILES string of the molecule is CC1C=C(c2cccc3c2C(N(C)C)CCC3)CC1. The topological polar surface area (TPSA) is 3.24 Å². The molecule has 3 rings (SSSR count). The summed E-state index contributed by atoms with van der Waals surface area (Å²) < 4.78 is 0. The lowest BCUT2D eigenvalue weighted by molar-refractivity contribution is 0.268. The van der Waals surface area contributed by atoms with Gasteiger partial charge in [0.05, 0.1) is 0 Å². The second-order valence-corrected chi connectivity index (χ2v) is 6.46. The van der Waals surface area contributed by atoms with Crippen LogP contribution in [0.2, 0.25) is 0 Å². The van der Waals surface area contributed by atoms with E-state index in [1.807, 2.05) is 0 Å². The third kappa shape index (κ3) is 2.36. The predicted octanol–water partition coefficient (Wildman–Crippen LogP) is 4.44. The monoisotopic (exact) mass is 255 g/mol. The quantitative estimate of drug-likeness (QED) is 0.755. The summed E-state index contributed by atoms with van der Waals surface area (Å²) in [4.78, 5) is 2.40. The second-order valence-electron chi connectivity index (χ2n) is 6.46. The van der Waals surface area contributed by atoms with Crippen LogP contribution in [0.3, 0.4) is 0 Å². The normalized spacial score (nSPS) is 26.4. The smallest absolute Gasteiger partial charge is 0.0350 e. The van der Waals surface area contributed by atoms with Crippen LogP contribution in [0.4, 0.5) is 0 Å². The maximum absolute atomic E-state index is 2.50. The molecule has 0 saturated carbocycles. The van der Waals surface area contributed by atoms with Crippen molar-refractivity contribution in [3.8, 4) is 0 Å². The summed E-state index contributed by atoms with van der Waals surface area (Å²) in [5.41, 5.74) is 6.35. The Morgan fingerprint density at radius 1 is 1.11 bits per heavy atom. The summed E-state index contributed by atoms with van der Waals surface area (Å²) in [6.45, 7) is 2.34. The molecule has 0 bridgehead atoms. The molecule has 1 nitrogen and oxygen atoms in total. The summed E-state index contributed by atoms with van der Waals surface area (Å²) in [7, 11) is 4.45. The first-order chi connectivity index (χ1) is 9.16. The molecule has 2 aliphatic rings. The van der Waals surface area contributed by atoms with Crippen molar-refractivity contribution < 1.29 is 0 Å². The maximum Gasteiger partial charge on any atom is 0.0350 e. The van der Waals surface area contributed by atoms with Crippen LogP contribution in [0, 0.1) is 5.92 Å². The molecule has 2 aliphatic carbocycles. The first-order valence-corrected chi connectivity index (χ1v) is 7.66. The highest BCUT2D eigenvalue weighted by Crippen LogP contribution is 2.41. The summed E-state index contributed by atoms with van der Waals surface area (Å²) in [5.74, 6) is 0.757. The van der Waals surface area contributed by atoms with Gasteiger partial charge >= 0.3 is 0 Å². The largest absolute Gasteiger partial charge is 0.302 e. The summed E-state index contributed by atoms with van der Waals surface area (Å²) >= 11 is 0. The number of allylic oxidation sites excluding steroid dienone is 2. The van der Waals surface area contributed by atoms with Crippen molar-refractivity contribution in [2.24, 2.45) is 5.92 Å². The van der Waals surface area contributed by atoms with Crippen molar-refractivity contribution in [1.29, 1.82) is 0 Å². The van der Waals surface area contributed by atoms with Crippen LogP contribution < -0.4 is 0 Å². The van der Waals surface area contributed by atoms with E-state index in [4.69, 9.17) is 0 Å². The first kappa shape index (κ1) is 12.9. The molecule has 2 unspecified atom stereocenters. The van der Waals surface area contributed by atoms with E-state index in [1.54, 1.807) is 22.3 Å². The van der Waals surface area contributed by atoms with Gasteiger partial charge < -0.3 is 4.90 Å². The molecule has 2 atom stereocenters. The van der Waals surface area contributed by atoms with Crippen molar-refractivity contribution in [3.63, 3.8) is 0 Å². The van der Waals surface area contributed by atoms with E-state index in [0.717, 1.165) is 5.92 Å². The predicted molar refractivity (Wildman–Crippen MR) is 82.2 cm³/mol. The van der Waals surface area contributed by atoms with Gasteiger partial charge in [-0.25, -0.2) is 0 Å². The second kappa shape index (κ2) is 5.13. The Bertz CT molecular complexity index is 498. The zero-order valence-corrected chi connectivity index (χ0v) is 12.4. The van der Waals surface area contributed by atoms with Crippen molar-refractivity contribution in [2.45, 2.75) is 45.1 Å². The van der Waals surface area contributed by atoms with Gasteiger partial charge in [0.25, 0.3) is 0 Å². The summed E-state index contributed by atoms with van der Waals surface area (Å²) in [6.07, 6.45) is 8.98. The van der Waals surface area contributed by atoms with E-state index in [0.29, 0.717) is 6.04 Å². The lowest BCUT2D eigenvalue weighted by atomic mass is 9.82. The molecule has 19 heavy (non-hydrogen) atoms. The van der Waals surface area contributed by atoms with Crippen LogP contribution in [0.25, 0.3) is 5.57 Å². The van der Waals surface area contributed by atoms with Gasteiger partial charge in [-0.3, -0.25) is 0 Å². The minimum Gasteiger partial charge on any atom is -0.302 e. The highest BCUT2D eigenvalue weighted by molar-refractivity contribution is 5.71. The first-order valence-electron chi connectivity index (χ1n) is 7.66. The minimum atomic E-state index is 0.608. The molecule has 1 heteroatoms. The van der Waals surface area contributed by atoms with E-state index < -0.39 is 0 Å². The summed E-state index contributed by atoms with van der Waals surface area (Å²) in [6, 6.07) is 7.56. The van der Waals surface area contributed by atoms with Crippen LogP contribution in [-0.4, -0.2) is 19.0 Å². The lowest BCUT2D eigenvalue weighted by Gasteiger charge is -2.33. The Morgan fingerprint density at radius 2 is 1.95 bits per heavy atom. The van der Waals surface area contributed by atoms with E-state index in [2.05, 4.69) is 50.2 Å². The zero-order chi connectivity index (χ0) is 13.4. The number of hydrogen-bond acceptors (Lipinski definition) is 1. The number of nitrogens with zero attached hydrogens (tertiary/aromatic N) is 1. The Balaban J connectivity index is 2.08. The fraction of sp³-hybridized carbons (Fsp3) is 0.556. The van der Waals surface area contributed by atoms with Gasteiger partial charge in [0.2, 0.25) is 0 Å². The van der Waals surface area contributed by atoms with E-state index in [1.165, 1.54) is 32.1 Å². The fourth-order valence-electron chi connectivity index (χ4n) is 3.77. The molecule has 0 heterocycles.